The lowest BCUT2D eigenvalue weighted by atomic mass is 10.1. The van der Waals surface area contributed by atoms with Crippen LogP contribution in [0.25, 0.3) is 0 Å². The van der Waals surface area contributed by atoms with E-state index in [4.69, 9.17) is 15.8 Å². The molecular weight excluding hydrogens is 324 g/mol. The molecule has 0 amide bonds. The average Bonchev–Trinajstić information content (AvgIpc) is 2.55. The van der Waals surface area contributed by atoms with E-state index >= 15 is 0 Å². The highest BCUT2D eigenvalue weighted by molar-refractivity contribution is 7.20. The van der Waals surface area contributed by atoms with Crippen molar-refractivity contribution >= 4 is 24.4 Å². The minimum absolute atomic E-state index is 0.220. The Morgan fingerprint density at radius 1 is 0.913 bits per heavy atom. The first-order valence-electron chi connectivity index (χ1n) is 9.56. The zero-order valence-corrected chi connectivity index (χ0v) is 17.3. The molecule has 136 valence electrons. The summed E-state index contributed by atoms with van der Waals surface area (Å²) in [6, 6.07) is 3.73. The van der Waals surface area contributed by atoms with Crippen LogP contribution >= 0.6 is 11.1 Å². The molecule has 0 rings (SSSR count). The van der Waals surface area contributed by atoms with Crippen molar-refractivity contribution in [2.45, 2.75) is 96.7 Å². The quantitative estimate of drug-likeness (QED) is 0.105. The third-order valence-electron chi connectivity index (χ3n) is 4.58. The predicted octanol–water partition coefficient (Wildman–Crippen LogP) is 6.84. The molecule has 23 heavy (non-hydrogen) atoms. The van der Waals surface area contributed by atoms with Gasteiger partial charge in [0.25, 0.3) is 0 Å². The summed E-state index contributed by atoms with van der Waals surface area (Å²) in [5.41, 5.74) is 0. The van der Waals surface area contributed by atoms with Gasteiger partial charge in [0.2, 0.25) is 0 Å². The molecule has 0 saturated carbocycles. The van der Waals surface area contributed by atoms with Crippen LogP contribution in [0.4, 0.5) is 0 Å². The van der Waals surface area contributed by atoms with Gasteiger partial charge in [0.05, 0.1) is 6.61 Å². The molecule has 0 aliphatic carbocycles. The van der Waals surface area contributed by atoms with E-state index in [2.05, 4.69) is 13.8 Å². The van der Waals surface area contributed by atoms with Crippen molar-refractivity contribution in [1.29, 1.82) is 0 Å². The number of hydrogen-bond donors (Lipinski definition) is 0. The van der Waals surface area contributed by atoms with Crippen LogP contribution in [0.1, 0.15) is 78.6 Å². The van der Waals surface area contributed by atoms with Crippen molar-refractivity contribution in [1.82, 2.24) is 0 Å². The van der Waals surface area contributed by atoms with Crippen LogP contribution in [0, 0.1) is 0 Å². The Morgan fingerprint density at radius 2 is 1.39 bits per heavy atom. The van der Waals surface area contributed by atoms with Crippen LogP contribution < -0.4 is 0 Å². The maximum atomic E-state index is 11.1. The molecular formula is C19H37ClO2Si. The Balaban J connectivity index is 3.27. The minimum atomic E-state index is -1.37. The number of allylic oxidation sites excluding steroid dienone is 1. The van der Waals surface area contributed by atoms with Crippen molar-refractivity contribution in [3.8, 4) is 0 Å². The number of halogens is 1. The average molecular weight is 361 g/mol. The van der Waals surface area contributed by atoms with E-state index in [0.717, 1.165) is 12.8 Å². The van der Waals surface area contributed by atoms with E-state index in [1.165, 1.54) is 69.2 Å². The van der Waals surface area contributed by atoms with Crippen LogP contribution in [-0.2, 0) is 9.53 Å². The molecule has 0 N–H and O–H groups in total. The second kappa shape index (κ2) is 15.3. The van der Waals surface area contributed by atoms with Crippen LogP contribution in [-0.4, -0.2) is 20.0 Å². The molecule has 0 saturated heterocycles. The molecule has 0 atom stereocenters. The summed E-state index contributed by atoms with van der Waals surface area (Å²) in [5.74, 6) is -0.220. The fraction of sp³-hybridized carbons (Fsp3) is 0.842. The van der Waals surface area contributed by atoms with Crippen LogP contribution in [0.2, 0.25) is 18.1 Å². The van der Waals surface area contributed by atoms with E-state index in [0.29, 0.717) is 6.61 Å². The maximum absolute atomic E-state index is 11.1. The summed E-state index contributed by atoms with van der Waals surface area (Å²) in [5, 5.41) is 0. The highest BCUT2D eigenvalue weighted by Gasteiger charge is 2.24. The van der Waals surface area contributed by atoms with Crippen LogP contribution in [0.5, 0.6) is 0 Å². The maximum Gasteiger partial charge on any atom is 0.330 e. The Morgan fingerprint density at radius 3 is 1.87 bits per heavy atom. The summed E-state index contributed by atoms with van der Waals surface area (Å²) in [4.78, 5) is 11.1. The topological polar surface area (TPSA) is 26.3 Å². The van der Waals surface area contributed by atoms with Gasteiger partial charge in [0.15, 0.2) is 7.38 Å². The number of hydrogen-bond acceptors (Lipinski definition) is 2. The normalized spacial score (nSPS) is 12.0. The molecule has 0 fully saturated rings. The number of ether oxygens (including phenoxy) is 1. The molecule has 0 bridgehead atoms. The molecule has 0 unspecified atom stereocenters. The number of carbonyl (C=O) groups excluding carboxylic acids is 1. The van der Waals surface area contributed by atoms with Gasteiger partial charge in [-0.05, 0) is 31.5 Å². The molecule has 0 aliphatic heterocycles. The molecule has 0 heterocycles. The van der Waals surface area contributed by atoms with Crippen molar-refractivity contribution in [2.75, 3.05) is 6.61 Å². The Hall–Kier alpha value is -0.283. The lowest BCUT2D eigenvalue weighted by Gasteiger charge is -2.20. The number of esters is 1. The van der Waals surface area contributed by atoms with Crippen LogP contribution in [0.15, 0.2) is 12.2 Å². The summed E-state index contributed by atoms with van der Waals surface area (Å²) in [6.45, 7) is 6.89. The van der Waals surface area contributed by atoms with E-state index in [1.54, 1.807) is 6.08 Å². The van der Waals surface area contributed by atoms with Gasteiger partial charge >= 0.3 is 5.97 Å². The number of unbranched alkanes of at least 4 members (excludes halogenated alkanes) is 8. The summed E-state index contributed by atoms with van der Waals surface area (Å²) in [6.07, 6.45) is 14.6. The molecule has 0 aromatic rings. The summed E-state index contributed by atoms with van der Waals surface area (Å²) < 4.78 is 5.07. The van der Waals surface area contributed by atoms with Crippen molar-refractivity contribution in [3.05, 3.63) is 12.2 Å². The zero-order chi connectivity index (χ0) is 17.4. The number of carbonyl (C=O) groups is 1. The molecule has 0 spiro atoms. The van der Waals surface area contributed by atoms with Crippen molar-refractivity contribution in [2.24, 2.45) is 0 Å². The smallest absolute Gasteiger partial charge is 0.330 e. The van der Waals surface area contributed by atoms with Crippen molar-refractivity contribution in [3.63, 3.8) is 0 Å². The predicted molar refractivity (Wildman–Crippen MR) is 105 cm³/mol. The molecule has 0 aliphatic rings. The van der Waals surface area contributed by atoms with Gasteiger partial charge in [-0.25, -0.2) is 4.79 Å². The zero-order valence-electron chi connectivity index (χ0n) is 15.5. The third kappa shape index (κ3) is 13.8. The van der Waals surface area contributed by atoms with Gasteiger partial charge < -0.3 is 4.74 Å². The van der Waals surface area contributed by atoms with Crippen molar-refractivity contribution < 1.29 is 9.53 Å². The highest BCUT2D eigenvalue weighted by Crippen LogP contribution is 2.27. The second-order valence-electron chi connectivity index (χ2n) is 6.46. The minimum Gasteiger partial charge on any atom is -0.463 e. The van der Waals surface area contributed by atoms with E-state index < -0.39 is 7.38 Å². The fourth-order valence-electron chi connectivity index (χ4n) is 2.74. The Labute approximate surface area is 149 Å². The highest BCUT2D eigenvalue weighted by atomic mass is 35.6. The van der Waals surface area contributed by atoms with E-state index in [-0.39, 0.29) is 5.97 Å². The van der Waals surface area contributed by atoms with Gasteiger partial charge in [-0.2, -0.15) is 11.1 Å². The van der Waals surface area contributed by atoms with Gasteiger partial charge in [-0.1, -0.05) is 71.3 Å². The SMILES string of the molecule is CC=CC(=O)OCCCCCCCCCCC[Si](Cl)(CC)CC. The first-order valence-corrected chi connectivity index (χ1v) is 13.2. The largest absolute Gasteiger partial charge is 0.463 e. The lowest BCUT2D eigenvalue weighted by Crippen LogP contribution is -2.23. The molecule has 0 aromatic carbocycles. The standard InChI is InChI=1S/C19H37ClO2Si/c1-4-16-19(21)22-17-14-12-10-8-7-9-11-13-15-18-23(20,5-2)6-3/h4,16H,5-15,17-18H2,1-3H3. The molecule has 0 aromatic heterocycles. The van der Waals surface area contributed by atoms with Gasteiger partial charge in [-0.3, -0.25) is 0 Å². The van der Waals surface area contributed by atoms with Gasteiger partial charge in [0.1, 0.15) is 0 Å². The summed E-state index contributed by atoms with van der Waals surface area (Å²) >= 11 is 6.67. The molecule has 0 radical (unpaired) electrons. The lowest BCUT2D eigenvalue weighted by molar-refractivity contribution is -0.137. The second-order valence-corrected chi connectivity index (χ2v) is 13.1. The van der Waals surface area contributed by atoms with Gasteiger partial charge in [0, 0.05) is 6.08 Å². The molecule has 4 heteroatoms. The monoisotopic (exact) mass is 360 g/mol. The third-order valence-corrected chi connectivity index (χ3v) is 10.5. The Kier molecular flexibility index (Phi) is 15.1. The number of rotatable bonds is 15. The summed E-state index contributed by atoms with van der Waals surface area (Å²) in [7, 11) is -1.37. The molecule has 2 nitrogen and oxygen atoms in total. The first kappa shape index (κ1) is 22.7. The van der Waals surface area contributed by atoms with Crippen LogP contribution in [0.3, 0.4) is 0 Å². The van der Waals surface area contributed by atoms with E-state index in [1.807, 2.05) is 6.92 Å². The van der Waals surface area contributed by atoms with E-state index in [9.17, 15) is 4.79 Å². The first-order chi connectivity index (χ1) is 11.1. The Bertz CT molecular complexity index is 314. The fourth-order valence-corrected chi connectivity index (χ4v) is 5.23. The van der Waals surface area contributed by atoms with Gasteiger partial charge in [-0.15, -0.1) is 0 Å².